The summed E-state index contributed by atoms with van der Waals surface area (Å²) in [6, 6.07) is 9.57. The van der Waals surface area contributed by atoms with Crippen LogP contribution in [0.2, 0.25) is 0 Å². The van der Waals surface area contributed by atoms with Gasteiger partial charge in [-0.05, 0) is 57.2 Å². The number of piperazine rings is 1. The van der Waals surface area contributed by atoms with Gasteiger partial charge in [0.05, 0.1) is 0 Å². The van der Waals surface area contributed by atoms with Crippen LogP contribution in [0.15, 0.2) is 18.2 Å². The van der Waals surface area contributed by atoms with Gasteiger partial charge in [0.1, 0.15) is 13.2 Å². The highest BCUT2D eigenvalue weighted by molar-refractivity contribution is 5.58. The van der Waals surface area contributed by atoms with Gasteiger partial charge in [-0.3, -0.25) is 9.80 Å². The van der Waals surface area contributed by atoms with Crippen LogP contribution >= 0.6 is 0 Å². The first-order chi connectivity index (χ1) is 13.8. The zero-order valence-corrected chi connectivity index (χ0v) is 16.9. The maximum atomic E-state index is 5.83. The summed E-state index contributed by atoms with van der Waals surface area (Å²) in [4.78, 5) is 8.36. The van der Waals surface area contributed by atoms with Gasteiger partial charge in [-0.15, -0.1) is 0 Å². The van der Waals surface area contributed by atoms with E-state index in [1.807, 2.05) is 0 Å². The normalized spacial score (nSPS) is 35.6. The molecule has 5 fully saturated rings. The van der Waals surface area contributed by atoms with Crippen molar-refractivity contribution in [2.24, 2.45) is 0 Å². The molecule has 5 heteroatoms. The topological polar surface area (TPSA) is 28.2 Å². The first-order valence-electron chi connectivity index (χ1n) is 11.5. The third-order valence-electron chi connectivity index (χ3n) is 7.93. The Morgan fingerprint density at radius 3 is 2.36 bits per heavy atom. The largest absolute Gasteiger partial charge is 0.486 e. The lowest BCUT2D eigenvalue weighted by atomic mass is 9.85. The van der Waals surface area contributed by atoms with Gasteiger partial charge in [0.15, 0.2) is 11.5 Å². The molecule has 28 heavy (non-hydrogen) atoms. The fourth-order valence-corrected chi connectivity index (χ4v) is 6.48. The Hall–Kier alpha value is -1.46. The standard InChI is InChI=1S/C23H33N3O2/c1-2-10-24-14-19(5-4-17(24)3-1)26-16-20-6-7-21(26)15-25(20)18-8-9-22-23(13-18)28-12-11-27-22/h8-9,13,17,19-21H,1-7,10-12,14-16H2. The number of anilines is 1. The second-order valence-electron chi connectivity index (χ2n) is 9.44. The average Bonchev–Trinajstić information content (AvgIpc) is 2.78. The minimum atomic E-state index is 0.645. The summed E-state index contributed by atoms with van der Waals surface area (Å²) in [6.07, 6.45) is 9.83. The first-order valence-corrected chi connectivity index (χ1v) is 11.5. The molecule has 5 saturated heterocycles. The Morgan fingerprint density at radius 1 is 0.714 bits per heavy atom. The molecule has 7 rings (SSSR count). The molecule has 1 aromatic carbocycles. The second kappa shape index (κ2) is 7.10. The van der Waals surface area contributed by atoms with E-state index in [9.17, 15) is 0 Å². The smallest absolute Gasteiger partial charge is 0.163 e. The van der Waals surface area contributed by atoms with Gasteiger partial charge >= 0.3 is 0 Å². The fourth-order valence-electron chi connectivity index (χ4n) is 6.48. The highest BCUT2D eigenvalue weighted by Gasteiger charge is 2.43. The lowest BCUT2D eigenvalue weighted by molar-refractivity contribution is -0.00919. The van der Waals surface area contributed by atoms with E-state index in [0.29, 0.717) is 25.3 Å². The van der Waals surface area contributed by atoms with Crippen molar-refractivity contribution in [3.05, 3.63) is 18.2 Å². The Morgan fingerprint density at radius 2 is 1.50 bits per heavy atom. The molecule has 152 valence electrons. The number of ether oxygens (including phenoxy) is 2. The van der Waals surface area contributed by atoms with Crippen molar-refractivity contribution in [1.82, 2.24) is 9.80 Å². The van der Waals surface area contributed by atoms with Crippen LogP contribution in [0.4, 0.5) is 5.69 Å². The third-order valence-corrected chi connectivity index (χ3v) is 7.93. The van der Waals surface area contributed by atoms with Crippen LogP contribution in [-0.4, -0.2) is 73.4 Å². The summed E-state index contributed by atoms with van der Waals surface area (Å²) in [5.74, 6) is 1.82. The van der Waals surface area contributed by atoms with Crippen molar-refractivity contribution in [1.29, 1.82) is 0 Å². The van der Waals surface area contributed by atoms with E-state index in [1.165, 1.54) is 76.8 Å². The van der Waals surface area contributed by atoms with Crippen LogP contribution in [0.5, 0.6) is 11.5 Å². The van der Waals surface area contributed by atoms with Crippen LogP contribution in [0.3, 0.4) is 0 Å². The quantitative estimate of drug-likeness (QED) is 0.782. The molecule has 6 aliphatic heterocycles. The van der Waals surface area contributed by atoms with Gasteiger partial charge < -0.3 is 14.4 Å². The maximum Gasteiger partial charge on any atom is 0.163 e. The van der Waals surface area contributed by atoms with Crippen LogP contribution in [0, 0.1) is 0 Å². The van der Waals surface area contributed by atoms with E-state index < -0.39 is 0 Å². The molecule has 0 saturated carbocycles. The molecule has 0 N–H and O–H groups in total. The molecule has 6 aliphatic rings. The number of nitrogens with zero attached hydrogens (tertiary/aromatic N) is 3. The molecule has 0 aliphatic carbocycles. The number of hydrogen-bond donors (Lipinski definition) is 0. The second-order valence-corrected chi connectivity index (χ2v) is 9.44. The van der Waals surface area contributed by atoms with Gasteiger partial charge in [0.2, 0.25) is 0 Å². The first kappa shape index (κ1) is 17.4. The Balaban J connectivity index is 1.17. The van der Waals surface area contributed by atoms with Gasteiger partial charge in [-0.1, -0.05) is 6.42 Å². The lowest BCUT2D eigenvalue weighted by Gasteiger charge is -2.57. The number of piperidine rings is 4. The minimum Gasteiger partial charge on any atom is -0.486 e. The Labute approximate surface area is 168 Å². The summed E-state index contributed by atoms with van der Waals surface area (Å²) in [7, 11) is 0. The molecule has 0 aromatic heterocycles. The highest BCUT2D eigenvalue weighted by atomic mass is 16.6. The Bertz CT molecular complexity index is 726. The third kappa shape index (κ3) is 2.98. The molecule has 0 spiro atoms. The summed E-state index contributed by atoms with van der Waals surface area (Å²) in [5.41, 5.74) is 1.32. The van der Waals surface area contributed by atoms with E-state index in [4.69, 9.17) is 9.47 Å². The number of fused-ring (bicyclic) bond motifs is 5. The van der Waals surface area contributed by atoms with E-state index in [0.717, 1.165) is 23.6 Å². The SMILES string of the molecule is c1cc2c(cc1N1CC3CCC1CN3C1CCC3CCCCN3C1)OCCO2. The van der Waals surface area contributed by atoms with E-state index in [1.54, 1.807) is 0 Å². The summed E-state index contributed by atoms with van der Waals surface area (Å²) in [5, 5.41) is 0. The molecule has 2 bridgehead atoms. The van der Waals surface area contributed by atoms with Crippen molar-refractivity contribution in [3.63, 3.8) is 0 Å². The van der Waals surface area contributed by atoms with Gasteiger partial charge in [0, 0.05) is 55.6 Å². The zero-order valence-electron chi connectivity index (χ0n) is 16.9. The Kier molecular flexibility index (Phi) is 4.41. The minimum absolute atomic E-state index is 0.645. The van der Waals surface area contributed by atoms with Crippen LogP contribution < -0.4 is 14.4 Å². The molecular weight excluding hydrogens is 350 g/mol. The molecule has 4 unspecified atom stereocenters. The van der Waals surface area contributed by atoms with Gasteiger partial charge in [-0.25, -0.2) is 0 Å². The molecule has 4 atom stereocenters. The number of hydrogen-bond acceptors (Lipinski definition) is 5. The predicted octanol–water partition coefficient (Wildman–Crippen LogP) is 3.13. The fraction of sp³-hybridized carbons (Fsp3) is 0.739. The van der Waals surface area contributed by atoms with Crippen molar-refractivity contribution in [3.8, 4) is 11.5 Å². The molecule has 0 amide bonds. The zero-order chi connectivity index (χ0) is 18.5. The maximum absolute atomic E-state index is 5.83. The predicted molar refractivity (Wildman–Crippen MR) is 111 cm³/mol. The summed E-state index contributed by atoms with van der Waals surface area (Å²) >= 11 is 0. The summed E-state index contributed by atoms with van der Waals surface area (Å²) in [6.45, 7) is 6.39. The summed E-state index contributed by atoms with van der Waals surface area (Å²) < 4.78 is 11.5. The van der Waals surface area contributed by atoms with Crippen molar-refractivity contribution < 1.29 is 9.47 Å². The molecule has 0 radical (unpaired) electrons. The monoisotopic (exact) mass is 383 g/mol. The van der Waals surface area contributed by atoms with Crippen LogP contribution in [-0.2, 0) is 0 Å². The number of benzene rings is 1. The molecule has 5 nitrogen and oxygen atoms in total. The number of rotatable bonds is 2. The van der Waals surface area contributed by atoms with E-state index in [-0.39, 0.29) is 0 Å². The molecule has 1 aromatic rings. The van der Waals surface area contributed by atoms with E-state index in [2.05, 4.69) is 32.9 Å². The van der Waals surface area contributed by atoms with Crippen molar-refractivity contribution in [2.45, 2.75) is 69.1 Å². The van der Waals surface area contributed by atoms with Crippen molar-refractivity contribution in [2.75, 3.05) is 44.3 Å². The van der Waals surface area contributed by atoms with Crippen molar-refractivity contribution >= 4 is 5.69 Å². The van der Waals surface area contributed by atoms with Gasteiger partial charge in [-0.2, -0.15) is 0 Å². The highest BCUT2D eigenvalue weighted by Crippen LogP contribution is 2.40. The van der Waals surface area contributed by atoms with E-state index >= 15 is 0 Å². The van der Waals surface area contributed by atoms with Gasteiger partial charge in [0.25, 0.3) is 0 Å². The van der Waals surface area contributed by atoms with Crippen LogP contribution in [0.25, 0.3) is 0 Å². The van der Waals surface area contributed by atoms with Crippen LogP contribution in [0.1, 0.15) is 44.9 Å². The lowest BCUT2D eigenvalue weighted by Crippen LogP contribution is -2.67. The molecular formula is C23H33N3O2. The molecule has 6 heterocycles. The average molecular weight is 384 g/mol.